The van der Waals surface area contributed by atoms with Crippen LogP contribution in [-0.4, -0.2) is 22.3 Å². The molecule has 0 aliphatic carbocycles. The van der Waals surface area contributed by atoms with Crippen molar-refractivity contribution in [2.75, 3.05) is 0 Å². The van der Waals surface area contributed by atoms with Gasteiger partial charge < -0.3 is 10.6 Å². The van der Waals surface area contributed by atoms with E-state index in [4.69, 9.17) is 5.11 Å². The van der Waals surface area contributed by atoms with Crippen LogP contribution in [0.2, 0.25) is 0 Å². The predicted molar refractivity (Wildman–Crippen MR) is 21.9 cm³/mol. The lowest BCUT2D eigenvalue weighted by Gasteiger charge is -1.73. The second kappa shape index (κ2) is 3.30. The molecule has 0 bridgehead atoms. The van der Waals surface area contributed by atoms with Crippen molar-refractivity contribution in [1.29, 1.82) is 0 Å². The number of carbonyl (C=O) groups is 2. The predicted octanol–water partition coefficient (Wildman–Crippen LogP) is -1.16. The van der Waals surface area contributed by atoms with E-state index in [0.29, 0.717) is 0 Å². The van der Waals surface area contributed by atoms with E-state index in [9.17, 15) is 9.59 Å². The van der Waals surface area contributed by atoms with Gasteiger partial charge in [0, 0.05) is 6.92 Å². The summed E-state index contributed by atoms with van der Waals surface area (Å²) in [5.41, 5.74) is 0. The van der Waals surface area contributed by atoms with Gasteiger partial charge in [-0.05, 0) is 0 Å². The van der Waals surface area contributed by atoms with Crippen LogP contribution in [0, 0.1) is 0 Å². The first-order valence-corrected chi connectivity index (χ1v) is 1.38. The van der Waals surface area contributed by atoms with E-state index in [-0.39, 0.29) is 5.48 Å². The van der Waals surface area contributed by atoms with Gasteiger partial charge in [-0.3, -0.25) is 4.79 Å². The molecular weight excluding hydrogens is 100 g/mol. The smallest absolute Gasteiger partial charge is 0.371 e. The highest BCUT2D eigenvalue weighted by molar-refractivity contribution is 6.31. The molecule has 0 unspecified atom stereocenters. The summed E-state index contributed by atoms with van der Waals surface area (Å²) in [6.45, 7) is 1.00. The SMILES string of the molecule is CC(=O)C(=O)O.O. The number of carbonyl (C=O) groups excluding carboxylic acids is 1. The highest BCUT2D eigenvalue weighted by Gasteiger charge is 1.98. The minimum Gasteiger partial charge on any atom is -0.476 e. The molecule has 0 saturated carbocycles. The Hall–Kier alpha value is -0.900. The first-order valence-electron chi connectivity index (χ1n) is 1.38. The number of aliphatic carboxylic acids is 1. The molecule has 0 fully saturated rings. The molecule has 0 atom stereocenters. The Morgan fingerprint density at radius 3 is 1.57 bits per heavy atom. The lowest BCUT2D eigenvalue weighted by molar-refractivity contribution is -0.148. The zero-order chi connectivity index (χ0) is 5.15. The van der Waals surface area contributed by atoms with Crippen LogP contribution in [0.15, 0.2) is 0 Å². The van der Waals surface area contributed by atoms with Gasteiger partial charge in [0.15, 0.2) is 0 Å². The third-order valence-corrected chi connectivity index (χ3v) is 0.301. The number of hydrogen-bond acceptors (Lipinski definition) is 2. The summed E-state index contributed by atoms with van der Waals surface area (Å²) in [6.07, 6.45) is 0. The summed E-state index contributed by atoms with van der Waals surface area (Å²) in [6, 6.07) is 0. The van der Waals surface area contributed by atoms with Gasteiger partial charge in [-0.15, -0.1) is 0 Å². The average Bonchev–Trinajstić information content (AvgIpc) is 1.36. The van der Waals surface area contributed by atoms with Crippen molar-refractivity contribution < 1.29 is 20.2 Å². The number of carboxylic acid groups (broad SMARTS) is 1. The van der Waals surface area contributed by atoms with Crippen LogP contribution in [0.4, 0.5) is 0 Å². The normalized spacial score (nSPS) is 6.43. The minimum absolute atomic E-state index is 0. The van der Waals surface area contributed by atoms with Gasteiger partial charge in [0.1, 0.15) is 0 Å². The Morgan fingerprint density at radius 1 is 1.43 bits per heavy atom. The van der Waals surface area contributed by atoms with Gasteiger partial charge >= 0.3 is 5.97 Å². The maximum Gasteiger partial charge on any atom is 0.371 e. The lowest BCUT2D eigenvalue weighted by atomic mass is 10.5. The quantitative estimate of drug-likeness (QED) is 0.427. The van der Waals surface area contributed by atoms with Crippen molar-refractivity contribution in [3.05, 3.63) is 0 Å². The molecule has 0 spiro atoms. The van der Waals surface area contributed by atoms with Crippen LogP contribution in [-0.2, 0) is 9.59 Å². The highest BCUT2D eigenvalue weighted by atomic mass is 16.4. The van der Waals surface area contributed by atoms with Crippen molar-refractivity contribution in [1.82, 2.24) is 0 Å². The molecule has 42 valence electrons. The molecule has 3 N–H and O–H groups in total. The first kappa shape index (κ1) is 9.44. The summed E-state index contributed by atoms with van der Waals surface area (Å²) in [7, 11) is 0. The van der Waals surface area contributed by atoms with E-state index in [1.807, 2.05) is 0 Å². The number of rotatable bonds is 1. The number of carboxylic acids is 1. The van der Waals surface area contributed by atoms with Crippen LogP contribution < -0.4 is 0 Å². The summed E-state index contributed by atoms with van der Waals surface area (Å²) in [5, 5.41) is 7.64. The van der Waals surface area contributed by atoms with Gasteiger partial charge in [-0.2, -0.15) is 0 Å². The van der Waals surface area contributed by atoms with E-state index >= 15 is 0 Å². The Bertz CT molecular complexity index is 72.9. The van der Waals surface area contributed by atoms with Gasteiger partial charge in [-0.25, -0.2) is 4.79 Å². The fourth-order valence-electron chi connectivity index (χ4n) is 0. The van der Waals surface area contributed by atoms with Gasteiger partial charge in [0.25, 0.3) is 0 Å². The summed E-state index contributed by atoms with van der Waals surface area (Å²) < 4.78 is 0. The van der Waals surface area contributed by atoms with Gasteiger partial charge in [0.2, 0.25) is 5.78 Å². The standard InChI is InChI=1S/C3H4O3.H2O/c1-2(4)3(5)6;/h1H3,(H,5,6);1H2. The number of ketones is 1. The summed E-state index contributed by atoms with van der Waals surface area (Å²) in [5.74, 6) is -2.20. The molecule has 0 saturated heterocycles. The third kappa shape index (κ3) is 5.10. The van der Waals surface area contributed by atoms with Crippen molar-refractivity contribution >= 4 is 11.8 Å². The number of Topliss-reactive ketones (excluding diaryl/α,β-unsaturated/α-hetero) is 1. The van der Waals surface area contributed by atoms with E-state index in [1.54, 1.807) is 0 Å². The lowest BCUT2D eigenvalue weighted by Crippen LogP contribution is -2.05. The Labute approximate surface area is 40.1 Å². The average molecular weight is 106 g/mol. The zero-order valence-electron chi connectivity index (χ0n) is 3.76. The highest BCUT2D eigenvalue weighted by Crippen LogP contribution is 1.61. The molecule has 0 aromatic carbocycles. The van der Waals surface area contributed by atoms with Crippen LogP contribution in [0.25, 0.3) is 0 Å². The Morgan fingerprint density at radius 2 is 1.57 bits per heavy atom. The second-order valence-corrected chi connectivity index (χ2v) is 0.861. The fourth-order valence-corrected chi connectivity index (χ4v) is 0. The molecule has 4 nitrogen and oxygen atoms in total. The molecule has 0 aromatic rings. The molecule has 4 heteroatoms. The summed E-state index contributed by atoms with van der Waals surface area (Å²) >= 11 is 0. The topological polar surface area (TPSA) is 85.9 Å². The van der Waals surface area contributed by atoms with Gasteiger partial charge in [-0.1, -0.05) is 0 Å². The van der Waals surface area contributed by atoms with Gasteiger partial charge in [0.05, 0.1) is 0 Å². The second-order valence-electron chi connectivity index (χ2n) is 0.861. The fraction of sp³-hybridized carbons (Fsp3) is 0.333. The van der Waals surface area contributed by atoms with Crippen molar-refractivity contribution in [2.45, 2.75) is 6.92 Å². The molecule has 0 rings (SSSR count). The maximum absolute atomic E-state index is 9.54. The molecule has 0 amide bonds. The van der Waals surface area contributed by atoms with Crippen molar-refractivity contribution in [3.63, 3.8) is 0 Å². The Balaban J connectivity index is 0. The molecule has 0 aliphatic heterocycles. The van der Waals surface area contributed by atoms with E-state index in [2.05, 4.69) is 0 Å². The van der Waals surface area contributed by atoms with E-state index < -0.39 is 11.8 Å². The molecule has 0 heterocycles. The first-order chi connectivity index (χ1) is 2.64. The monoisotopic (exact) mass is 106 g/mol. The minimum atomic E-state index is -1.38. The Kier molecular flexibility index (Phi) is 4.44. The summed E-state index contributed by atoms with van der Waals surface area (Å²) in [4.78, 5) is 18.9. The van der Waals surface area contributed by atoms with Crippen LogP contribution in [0.1, 0.15) is 6.92 Å². The molecule has 7 heavy (non-hydrogen) atoms. The molecular formula is C3H6O4. The van der Waals surface area contributed by atoms with E-state index in [1.165, 1.54) is 0 Å². The zero-order valence-corrected chi connectivity index (χ0v) is 3.76. The largest absolute Gasteiger partial charge is 0.476 e. The maximum atomic E-state index is 9.54. The molecule has 0 radical (unpaired) electrons. The van der Waals surface area contributed by atoms with Crippen molar-refractivity contribution in [3.8, 4) is 0 Å². The molecule has 0 aromatic heterocycles. The third-order valence-electron chi connectivity index (χ3n) is 0.301. The van der Waals surface area contributed by atoms with Crippen LogP contribution >= 0.6 is 0 Å². The molecule has 0 aliphatic rings. The van der Waals surface area contributed by atoms with Crippen molar-refractivity contribution in [2.24, 2.45) is 0 Å². The van der Waals surface area contributed by atoms with Crippen LogP contribution in [0.3, 0.4) is 0 Å². The number of hydrogen-bond donors (Lipinski definition) is 1. The van der Waals surface area contributed by atoms with Crippen LogP contribution in [0.5, 0.6) is 0 Å². The van der Waals surface area contributed by atoms with E-state index in [0.717, 1.165) is 6.92 Å².